The SMILES string of the molecule is O=C(O)CCOCCOCCOCCOCCOCCOCCOCCOCCOCCOCCOCCOCCOCCOCCNc1cccc2c1C(=O)N(C1CCC(=O)NC1=O)C2=O. The molecule has 0 spiro atoms. The summed E-state index contributed by atoms with van der Waals surface area (Å²) in [7, 11) is 0. The van der Waals surface area contributed by atoms with Crippen LogP contribution in [0.4, 0.5) is 5.69 Å². The first-order valence-electron chi connectivity index (χ1n) is 22.8. The molecule has 67 heavy (non-hydrogen) atoms. The Morgan fingerprint density at radius 3 is 1.19 bits per heavy atom. The summed E-state index contributed by atoms with van der Waals surface area (Å²) in [4.78, 5) is 61.3. The van der Waals surface area contributed by atoms with Gasteiger partial charge in [-0.3, -0.25) is 34.2 Å². The number of nitrogens with one attached hydrogen (secondary N) is 2. The molecule has 23 nitrogen and oxygen atoms in total. The lowest BCUT2D eigenvalue weighted by atomic mass is 10.0. The lowest BCUT2D eigenvalue weighted by Crippen LogP contribution is -2.54. The van der Waals surface area contributed by atoms with E-state index < -0.39 is 35.6 Å². The Morgan fingerprint density at radius 2 is 0.851 bits per heavy atom. The monoisotopic (exact) mass is 961 g/mol. The van der Waals surface area contributed by atoms with Crippen LogP contribution in [0.5, 0.6) is 0 Å². The maximum Gasteiger partial charge on any atom is 0.305 e. The van der Waals surface area contributed by atoms with Gasteiger partial charge in [-0.15, -0.1) is 0 Å². The zero-order valence-electron chi connectivity index (χ0n) is 38.6. The number of hydrogen-bond acceptors (Lipinski definition) is 20. The highest BCUT2D eigenvalue weighted by atomic mass is 16.6. The number of nitrogens with zero attached hydrogens (tertiary/aromatic N) is 1. The molecule has 0 aliphatic carbocycles. The number of carbonyl (C=O) groups is 5. The van der Waals surface area contributed by atoms with E-state index in [0.29, 0.717) is 191 Å². The smallest absolute Gasteiger partial charge is 0.305 e. The van der Waals surface area contributed by atoms with Crippen LogP contribution in [0.3, 0.4) is 0 Å². The van der Waals surface area contributed by atoms with Gasteiger partial charge in [-0.1, -0.05) is 6.07 Å². The largest absolute Gasteiger partial charge is 0.481 e. The number of ether oxygens (including phenoxy) is 14. The fraction of sp³-hybridized carbons (Fsp3) is 0.750. The first-order valence-corrected chi connectivity index (χ1v) is 22.8. The molecule has 1 aromatic rings. The van der Waals surface area contributed by atoms with Gasteiger partial charge in [0.15, 0.2) is 0 Å². The van der Waals surface area contributed by atoms with Crippen molar-refractivity contribution in [2.45, 2.75) is 25.3 Å². The predicted molar refractivity (Wildman–Crippen MR) is 235 cm³/mol. The second kappa shape index (κ2) is 39.1. The third-order valence-electron chi connectivity index (χ3n) is 9.33. The molecule has 0 radical (unpaired) electrons. The molecule has 3 N–H and O–H groups in total. The van der Waals surface area contributed by atoms with Crippen molar-refractivity contribution in [3.05, 3.63) is 29.3 Å². The molecule has 1 atom stereocenters. The predicted octanol–water partition coefficient (Wildman–Crippen LogP) is 0.207. The van der Waals surface area contributed by atoms with Gasteiger partial charge in [0.05, 0.1) is 203 Å². The Hall–Kier alpha value is -3.79. The van der Waals surface area contributed by atoms with Crippen LogP contribution in [0.15, 0.2) is 18.2 Å². The molecule has 0 bridgehead atoms. The Balaban J connectivity index is 0.940. The number of imide groups is 2. The molecule has 3 rings (SSSR count). The summed E-state index contributed by atoms with van der Waals surface area (Å²) in [5.41, 5.74) is 0.889. The van der Waals surface area contributed by atoms with E-state index in [1.807, 2.05) is 0 Å². The zero-order chi connectivity index (χ0) is 47.8. The van der Waals surface area contributed by atoms with Crippen LogP contribution in [-0.4, -0.2) is 237 Å². The number of carboxylic acid groups (broad SMARTS) is 1. The lowest BCUT2D eigenvalue weighted by Gasteiger charge is -2.27. The summed E-state index contributed by atoms with van der Waals surface area (Å²) in [6.07, 6.45) is 0.144. The number of hydrogen-bond donors (Lipinski definition) is 3. The summed E-state index contributed by atoms with van der Waals surface area (Å²) in [5, 5.41) is 13.8. The minimum Gasteiger partial charge on any atom is -0.481 e. The highest BCUT2D eigenvalue weighted by Crippen LogP contribution is 2.32. The van der Waals surface area contributed by atoms with Gasteiger partial charge in [-0.25, -0.2) is 0 Å². The second-order valence-corrected chi connectivity index (χ2v) is 14.3. The van der Waals surface area contributed by atoms with E-state index in [-0.39, 0.29) is 37.0 Å². The van der Waals surface area contributed by atoms with Crippen molar-refractivity contribution >= 4 is 35.3 Å². The number of rotatable bonds is 47. The van der Waals surface area contributed by atoms with Crippen molar-refractivity contribution in [2.24, 2.45) is 0 Å². The van der Waals surface area contributed by atoms with E-state index in [9.17, 15) is 24.0 Å². The van der Waals surface area contributed by atoms with Crippen LogP contribution in [0.1, 0.15) is 40.0 Å². The quantitative estimate of drug-likeness (QED) is 0.0582. The summed E-state index contributed by atoms with van der Waals surface area (Å²) in [5.74, 6) is -3.07. The van der Waals surface area contributed by atoms with E-state index in [1.54, 1.807) is 18.2 Å². The average molecular weight is 962 g/mol. The maximum absolute atomic E-state index is 13.2. The second-order valence-electron chi connectivity index (χ2n) is 14.3. The number of aliphatic carboxylic acids is 1. The highest BCUT2D eigenvalue weighted by Gasteiger charge is 2.45. The number of fused-ring (bicyclic) bond motifs is 1. The number of amides is 4. The fourth-order valence-electron chi connectivity index (χ4n) is 6.04. The lowest BCUT2D eigenvalue weighted by molar-refractivity contribution is -0.138. The van der Waals surface area contributed by atoms with Crippen molar-refractivity contribution in [2.75, 3.05) is 197 Å². The molecule has 1 aromatic carbocycles. The van der Waals surface area contributed by atoms with Crippen LogP contribution in [0.25, 0.3) is 0 Å². The van der Waals surface area contributed by atoms with E-state index in [2.05, 4.69) is 10.6 Å². The molecular formula is C44H71N3O20. The van der Waals surface area contributed by atoms with Crippen LogP contribution in [-0.2, 0) is 80.7 Å². The van der Waals surface area contributed by atoms with E-state index in [1.165, 1.54) is 0 Å². The molecule has 0 saturated carbocycles. The Morgan fingerprint density at radius 1 is 0.507 bits per heavy atom. The first-order chi connectivity index (χ1) is 32.9. The zero-order valence-corrected chi connectivity index (χ0v) is 38.6. The summed E-state index contributed by atoms with van der Waals surface area (Å²) < 4.78 is 76.4. The molecule has 382 valence electrons. The van der Waals surface area contributed by atoms with Gasteiger partial charge >= 0.3 is 5.97 Å². The molecular weight excluding hydrogens is 890 g/mol. The molecule has 2 heterocycles. The van der Waals surface area contributed by atoms with Crippen molar-refractivity contribution < 1.29 is 95.4 Å². The van der Waals surface area contributed by atoms with Crippen LogP contribution in [0.2, 0.25) is 0 Å². The normalized spacial score (nSPS) is 14.9. The first kappa shape index (κ1) is 57.5. The van der Waals surface area contributed by atoms with Crippen LogP contribution in [0, 0.1) is 0 Å². The van der Waals surface area contributed by atoms with Crippen LogP contribution < -0.4 is 10.6 Å². The van der Waals surface area contributed by atoms with Gasteiger partial charge in [0.25, 0.3) is 11.8 Å². The minimum atomic E-state index is -1.02. The van der Waals surface area contributed by atoms with E-state index >= 15 is 0 Å². The summed E-state index contributed by atoms with van der Waals surface area (Å²) in [6.45, 7) is 12.3. The number of carboxylic acids is 1. The van der Waals surface area contributed by atoms with E-state index in [4.69, 9.17) is 71.4 Å². The van der Waals surface area contributed by atoms with Crippen LogP contribution >= 0.6 is 0 Å². The van der Waals surface area contributed by atoms with Crippen molar-refractivity contribution in [1.82, 2.24) is 10.2 Å². The average Bonchev–Trinajstić information content (AvgIpc) is 3.57. The molecule has 0 aromatic heterocycles. The number of piperidine rings is 1. The molecule has 23 heteroatoms. The van der Waals surface area contributed by atoms with Gasteiger partial charge in [0.1, 0.15) is 6.04 Å². The molecule has 2 aliphatic heterocycles. The van der Waals surface area contributed by atoms with Gasteiger partial charge in [-0.05, 0) is 18.6 Å². The molecule has 1 fully saturated rings. The number of benzene rings is 1. The Bertz CT molecular complexity index is 1510. The highest BCUT2D eigenvalue weighted by molar-refractivity contribution is 6.25. The standard InChI is InChI=1S/C44H71N3O20/c48-39-5-4-38(42(51)46-39)47-43(52)36-2-1-3-37(41(36)44(47)53)45-7-9-55-11-13-57-15-17-59-19-21-61-23-25-63-27-29-65-31-33-67-35-34-66-32-30-64-28-26-62-24-22-60-20-18-58-16-14-56-12-10-54-8-6-40(49)50/h1-3,38,45H,4-35H2,(H,49,50)(H,46,48,51). The van der Waals surface area contributed by atoms with Crippen molar-refractivity contribution in [3.63, 3.8) is 0 Å². The Labute approximate surface area is 391 Å². The van der Waals surface area contributed by atoms with Gasteiger partial charge in [0, 0.05) is 18.7 Å². The number of anilines is 1. The topological polar surface area (TPSA) is 262 Å². The maximum atomic E-state index is 13.2. The minimum absolute atomic E-state index is 0.0136. The molecule has 2 aliphatic rings. The third kappa shape index (κ3) is 27.1. The van der Waals surface area contributed by atoms with Crippen molar-refractivity contribution in [3.8, 4) is 0 Å². The van der Waals surface area contributed by atoms with Gasteiger partial charge in [0.2, 0.25) is 11.8 Å². The molecule has 1 unspecified atom stereocenters. The molecule has 1 saturated heterocycles. The van der Waals surface area contributed by atoms with Crippen molar-refractivity contribution in [1.29, 1.82) is 0 Å². The van der Waals surface area contributed by atoms with E-state index in [0.717, 1.165) is 4.90 Å². The summed E-state index contributed by atoms with van der Waals surface area (Å²) in [6, 6.07) is 3.88. The van der Waals surface area contributed by atoms with Gasteiger partial charge < -0.3 is 76.7 Å². The summed E-state index contributed by atoms with van der Waals surface area (Å²) >= 11 is 0. The fourth-order valence-corrected chi connectivity index (χ4v) is 6.04. The third-order valence-corrected chi connectivity index (χ3v) is 9.33. The number of carbonyl (C=O) groups excluding carboxylic acids is 4. The van der Waals surface area contributed by atoms with Gasteiger partial charge in [-0.2, -0.15) is 0 Å². The molecule has 4 amide bonds. The Kier molecular flexibility index (Phi) is 33.6.